The Morgan fingerprint density at radius 3 is 2.71 bits per heavy atom. The summed E-state index contributed by atoms with van der Waals surface area (Å²) >= 11 is 0. The van der Waals surface area contributed by atoms with E-state index in [1.807, 2.05) is 13.8 Å². The molecular formula is C13H23N3O. The van der Waals surface area contributed by atoms with Crippen molar-refractivity contribution < 1.29 is 4.79 Å². The Hall–Kier alpha value is -1.29. The van der Waals surface area contributed by atoms with Gasteiger partial charge in [0.05, 0.1) is 5.41 Å². The Morgan fingerprint density at radius 2 is 2.18 bits per heavy atom. The van der Waals surface area contributed by atoms with Crippen LogP contribution in [0.5, 0.6) is 0 Å². The van der Waals surface area contributed by atoms with Crippen LogP contribution in [0.15, 0.2) is 18.5 Å². The van der Waals surface area contributed by atoms with Crippen LogP contribution in [0.4, 0.5) is 0 Å². The molecule has 4 nitrogen and oxygen atoms in total. The van der Waals surface area contributed by atoms with Crippen LogP contribution >= 0.6 is 0 Å². The van der Waals surface area contributed by atoms with E-state index in [0.717, 1.165) is 13.1 Å². The summed E-state index contributed by atoms with van der Waals surface area (Å²) in [7, 11) is 1.67. The van der Waals surface area contributed by atoms with Crippen molar-refractivity contribution in [3.05, 3.63) is 24.0 Å². The van der Waals surface area contributed by atoms with E-state index in [0.29, 0.717) is 6.54 Å². The summed E-state index contributed by atoms with van der Waals surface area (Å²) < 4.78 is 2.14. The van der Waals surface area contributed by atoms with Crippen molar-refractivity contribution in [1.82, 2.24) is 15.2 Å². The molecule has 1 rings (SSSR count). The Kier molecular flexibility index (Phi) is 4.75. The van der Waals surface area contributed by atoms with Gasteiger partial charge in [-0.15, -0.1) is 0 Å². The maximum Gasteiger partial charge on any atom is 0.226 e. The van der Waals surface area contributed by atoms with Crippen molar-refractivity contribution in [2.24, 2.45) is 5.41 Å². The second-order valence-electron chi connectivity index (χ2n) is 4.92. The molecule has 0 aliphatic heterocycles. The molecule has 0 aliphatic rings. The quantitative estimate of drug-likeness (QED) is 0.785. The molecule has 1 aromatic heterocycles. The number of carbonyl (C=O) groups is 1. The number of rotatable bonds is 6. The molecule has 0 saturated carbocycles. The smallest absolute Gasteiger partial charge is 0.226 e. The molecule has 0 atom stereocenters. The van der Waals surface area contributed by atoms with Crippen LogP contribution in [0.1, 0.15) is 26.3 Å². The minimum Gasteiger partial charge on any atom is -0.359 e. The van der Waals surface area contributed by atoms with Crippen LogP contribution in [0, 0.1) is 5.41 Å². The first-order valence-corrected chi connectivity index (χ1v) is 6.07. The number of aromatic nitrogens is 1. The molecule has 1 amide bonds. The first-order valence-electron chi connectivity index (χ1n) is 6.07. The highest BCUT2D eigenvalue weighted by Crippen LogP contribution is 2.13. The van der Waals surface area contributed by atoms with Crippen molar-refractivity contribution in [2.75, 3.05) is 13.6 Å². The van der Waals surface area contributed by atoms with Crippen molar-refractivity contribution in [3.8, 4) is 0 Å². The molecule has 0 spiro atoms. The number of hydrogen-bond acceptors (Lipinski definition) is 2. The van der Waals surface area contributed by atoms with Crippen molar-refractivity contribution >= 4 is 5.91 Å². The van der Waals surface area contributed by atoms with Gasteiger partial charge >= 0.3 is 0 Å². The zero-order valence-corrected chi connectivity index (χ0v) is 11.2. The zero-order chi connectivity index (χ0) is 12.9. The predicted octanol–water partition coefficient (Wildman–Crippen LogP) is 1.37. The monoisotopic (exact) mass is 237 g/mol. The van der Waals surface area contributed by atoms with E-state index in [4.69, 9.17) is 0 Å². The fourth-order valence-electron chi connectivity index (χ4n) is 1.73. The number of carbonyl (C=O) groups excluding carboxylic acids is 1. The normalized spacial score (nSPS) is 11.5. The summed E-state index contributed by atoms with van der Waals surface area (Å²) in [6.07, 6.45) is 4.20. The summed E-state index contributed by atoms with van der Waals surface area (Å²) in [4.78, 5) is 11.6. The lowest BCUT2D eigenvalue weighted by Crippen LogP contribution is -2.41. The molecule has 96 valence electrons. The summed E-state index contributed by atoms with van der Waals surface area (Å²) in [6.45, 7) is 8.46. The van der Waals surface area contributed by atoms with Gasteiger partial charge in [-0.05, 0) is 32.4 Å². The number of aryl methyl sites for hydroxylation is 1. The molecule has 1 heterocycles. The second kappa shape index (κ2) is 5.87. The summed E-state index contributed by atoms with van der Waals surface area (Å²) in [5.41, 5.74) is 0.877. The largest absolute Gasteiger partial charge is 0.359 e. The average molecular weight is 237 g/mol. The van der Waals surface area contributed by atoms with E-state index in [-0.39, 0.29) is 11.3 Å². The average Bonchev–Trinajstić information content (AvgIpc) is 2.75. The van der Waals surface area contributed by atoms with Gasteiger partial charge in [-0.3, -0.25) is 4.79 Å². The van der Waals surface area contributed by atoms with Crippen LogP contribution in [-0.4, -0.2) is 24.1 Å². The van der Waals surface area contributed by atoms with Gasteiger partial charge < -0.3 is 15.2 Å². The van der Waals surface area contributed by atoms with Gasteiger partial charge in [0.2, 0.25) is 5.91 Å². The highest BCUT2D eigenvalue weighted by atomic mass is 16.2. The maximum atomic E-state index is 11.6. The standard InChI is InChI=1S/C13H23N3O/c1-5-16-7-6-11(9-16)8-15-10-13(2,3)12(17)14-4/h6-7,9,15H,5,8,10H2,1-4H3,(H,14,17). The lowest BCUT2D eigenvalue weighted by Gasteiger charge is -2.22. The third-order valence-electron chi connectivity index (χ3n) is 2.91. The van der Waals surface area contributed by atoms with Crippen molar-refractivity contribution in [2.45, 2.75) is 33.9 Å². The molecule has 17 heavy (non-hydrogen) atoms. The Balaban J connectivity index is 2.39. The van der Waals surface area contributed by atoms with E-state index in [2.05, 4.69) is 40.6 Å². The fourth-order valence-corrected chi connectivity index (χ4v) is 1.73. The third-order valence-corrected chi connectivity index (χ3v) is 2.91. The molecule has 0 bridgehead atoms. The minimum absolute atomic E-state index is 0.0659. The van der Waals surface area contributed by atoms with Crippen molar-refractivity contribution in [1.29, 1.82) is 0 Å². The molecular weight excluding hydrogens is 214 g/mol. The summed E-state index contributed by atoms with van der Waals surface area (Å²) in [5, 5.41) is 6.00. The van der Waals surface area contributed by atoms with Gasteiger partial charge in [0.25, 0.3) is 0 Å². The molecule has 1 aromatic rings. The Morgan fingerprint density at radius 1 is 1.47 bits per heavy atom. The fraction of sp³-hybridized carbons (Fsp3) is 0.615. The summed E-state index contributed by atoms with van der Waals surface area (Å²) in [6, 6.07) is 2.10. The molecule has 0 aliphatic carbocycles. The predicted molar refractivity (Wildman–Crippen MR) is 69.7 cm³/mol. The highest BCUT2D eigenvalue weighted by molar-refractivity contribution is 5.81. The van der Waals surface area contributed by atoms with E-state index < -0.39 is 0 Å². The van der Waals surface area contributed by atoms with E-state index in [1.165, 1.54) is 5.56 Å². The first-order chi connectivity index (χ1) is 7.99. The molecule has 0 saturated heterocycles. The Bertz CT molecular complexity index is 368. The maximum absolute atomic E-state index is 11.6. The molecule has 2 N–H and O–H groups in total. The van der Waals surface area contributed by atoms with Gasteiger partial charge in [0.1, 0.15) is 0 Å². The molecule has 0 aromatic carbocycles. The van der Waals surface area contributed by atoms with Crippen LogP contribution in [-0.2, 0) is 17.9 Å². The first kappa shape index (κ1) is 13.8. The lowest BCUT2D eigenvalue weighted by molar-refractivity contribution is -0.128. The lowest BCUT2D eigenvalue weighted by atomic mass is 9.92. The van der Waals surface area contributed by atoms with Crippen molar-refractivity contribution in [3.63, 3.8) is 0 Å². The number of nitrogens with one attached hydrogen (secondary N) is 2. The van der Waals surface area contributed by atoms with Crippen LogP contribution in [0.3, 0.4) is 0 Å². The second-order valence-corrected chi connectivity index (χ2v) is 4.92. The molecule has 0 radical (unpaired) electrons. The van der Waals surface area contributed by atoms with Gasteiger partial charge in [0.15, 0.2) is 0 Å². The Labute approximate surface area is 103 Å². The SMILES string of the molecule is CCn1ccc(CNCC(C)(C)C(=O)NC)c1. The number of amides is 1. The minimum atomic E-state index is -0.373. The molecule has 0 unspecified atom stereocenters. The zero-order valence-electron chi connectivity index (χ0n) is 11.2. The van der Waals surface area contributed by atoms with Gasteiger partial charge in [-0.1, -0.05) is 0 Å². The van der Waals surface area contributed by atoms with Crippen LogP contribution < -0.4 is 10.6 Å². The third kappa shape index (κ3) is 3.89. The number of nitrogens with zero attached hydrogens (tertiary/aromatic N) is 1. The van der Waals surface area contributed by atoms with Gasteiger partial charge in [0, 0.05) is 39.1 Å². The van der Waals surface area contributed by atoms with Gasteiger partial charge in [-0.2, -0.15) is 0 Å². The summed E-state index contributed by atoms with van der Waals surface area (Å²) in [5.74, 6) is 0.0659. The van der Waals surface area contributed by atoms with E-state index in [9.17, 15) is 4.79 Å². The number of hydrogen-bond donors (Lipinski definition) is 2. The molecule has 0 fully saturated rings. The highest BCUT2D eigenvalue weighted by Gasteiger charge is 2.25. The molecule has 4 heteroatoms. The van der Waals surface area contributed by atoms with E-state index >= 15 is 0 Å². The van der Waals surface area contributed by atoms with E-state index in [1.54, 1.807) is 7.05 Å². The topological polar surface area (TPSA) is 46.1 Å². The van der Waals surface area contributed by atoms with Gasteiger partial charge in [-0.25, -0.2) is 0 Å². The van der Waals surface area contributed by atoms with Crippen LogP contribution in [0.2, 0.25) is 0 Å². The van der Waals surface area contributed by atoms with Crippen LogP contribution in [0.25, 0.3) is 0 Å².